The molecule has 108 valence electrons. The largest absolute Gasteiger partial charge is 0.343 e. The van der Waals surface area contributed by atoms with Crippen LogP contribution in [0.15, 0.2) is 36.7 Å². The number of halogens is 2. The second kappa shape index (κ2) is 7.01. The van der Waals surface area contributed by atoms with E-state index >= 15 is 0 Å². The number of carbonyl (C=O) groups is 2. The fourth-order valence-corrected chi connectivity index (χ4v) is 1.74. The van der Waals surface area contributed by atoms with Crippen molar-refractivity contribution in [1.29, 1.82) is 0 Å². The number of amides is 2. The van der Waals surface area contributed by atoms with E-state index in [1.807, 2.05) is 0 Å². The lowest BCUT2D eigenvalue weighted by Gasteiger charge is -2.07. The van der Waals surface area contributed by atoms with Crippen molar-refractivity contribution in [3.05, 3.63) is 52.4 Å². The Morgan fingerprint density at radius 3 is 2.52 bits per heavy atom. The van der Waals surface area contributed by atoms with Gasteiger partial charge in [-0.25, -0.2) is 9.97 Å². The predicted octanol–water partition coefficient (Wildman–Crippen LogP) is 2.15. The summed E-state index contributed by atoms with van der Waals surface area (Å²) in [6, 6.07) is 8.56. The number of hydrogen-bond acceptors (Lipinski definition) is 4. The minimum Gasteiger partial charge on any atom is -0.343 e. The van der Waals surface area contributed by atoms with E-state index in [0.717, 1.165) is 0 Å². The molecule has 0 aliphatic heterocycles. The Labute approximate surface area is 130 Å². The fourth-order valence-electron chi connectivity index (χ4n) is 1.46. The summed E-state index contributed by atoms with van der Waals surface area (Å²) in [6.45, 7) is -0.217. The first-order chi connectivity index (χ1) is 10.1. The van der Waals surface area contributed by atoms with Gasteiger partial charge in [-0.2, -0.15) is 0 Å². The standard InChI is InChI=1S/C13H10Cl2N4O2/c14-10-11(15)17-7-18-12(10)19-9(20)6-16-13(21)8-4-2-1-3-5-8/h1-5,7H,6H2,(H,16,21)(H,17,18,19,20). The summed E-state index contributed by atoms with van der Waals surface area (Å²) < 4.78 is 0. The van der Waals surface area contributed by atoms with E-state index in [4.69, 9.17) is 23.2 Å². The number of aromatic nitrogens is 2. The first-order valence-electron chi connectivity index (χ1n) is 5.87. The maximum absolute atomic E-state index is 11.8. The molecule has 0 spiro atoms. The van der Waals surface area contributed by atoms with Crippen LogP contribution in [0.2, 0.25) is 10.2 Å². The Morgan fingerprint density at radius 1 is 1.10 bits per heavy atom. The van der Waals surface area contributed by atoms with Gasteiger partial charge in [-0.05, 0) is 12.1 Å². The number of hydrogen-bond donors (Lipinski definition) is 2. The molecule has 0 bridgehead atoms. The molecule has 0 radical (unpaired) electrons. The molecule has 6 nitrogen and oxygen atoms in total. The highest BCUT2D eigenvalue weighted by molar-refractivity contribution is 6.42. The number of benzene rings is 1. The van der Waals surface area contributed by atoms with Crippen LogP contribution in [0.1, 0.15) is 10.4 Å². The summed E-state index contributed by atoms with van der Waals surface area (Å²) >= 11 is 11.5. The second-order valence-electron chi connectivity index (χ2n) is 3.92. The average Bonchev–Trinajstić information content (AvgIpc) is 2.50. The van der Waals surface area contributed by atoms with Crippen LogP contribution in [0.3, 0.4) is 0 Å². The molecule has 2 rings (SSSR count). The van der Waals surface area contributed by atoms with Crippen molar-refractivity contribution in [1.82, 2.24) is 15.3 Å². The molecule has 0 aliphatic rings. The normalized spacial score (nSPS) is 10.0. The molecule has 2 N–H and O–H groups in total. The zero-order valence-corrected chi connectivity index (χ0v) is 12.1. The molecule has 1 aromatic heterocycles. The Hall–Kier alpha value is -2.18. The van der Waals surface area contributed by atoms with Gasteiger partial charge in [0.2, 0.25) is 5.91 Å². The molecule has 0 saturated heterocycles. The van der Waals surface area contributed by atoms with Crippen LogP contribution in [-0.2, 0) is 4.79 Å². The molecule has 0 saturated carbocycles. The quantitative estimate of drug-likeness (QED) is 0.844. The van der Waals surface area contributed by atoms with Crippen molar-refractivity contribution in [3.8, 4) is 0 Å². The van der Waals surface area contributed by atoms with Gasteiger partial charge >= 0.3 is 0 Å². The van der Waals surface area contributed by atoms with E-state index in [1.54, 1.807) is 30.3 Å². The topological polar surface area (TPSA) is 84.0 Å². The maximum Gasteiger partial charge on any atom is 0.251 e. The molecule has 2 amide bonds. The summed E-state index contributed by atoms with van der Waals surface area (Å²) in [5.74, 6) is -0.732. The van der Waals surface area contributed by atoms with Gasteiger partial charge in [0.15, 0.2) is 11.0 Å². The Kier molecular flexibility index (Phi) is 5.08. The Morgan fingerprint density at radius 2 is 1.81 bits per heavy atom. The van der Waals surface area contributed by atoms with Gasteiger partial charge in [0.05, 0.1) is 6.54 Å². The van der Waals surface area contributed by atoms with Crippen molar-refractivity contribution in [2.24, 2.45) is 0 Å². The van der Waals surface area contributed by atoms with E-state index in [-0.39, 0.29) is 28.4 Å². The summed E-state index contributed by atoms with van der Waals surface area (Å²) in [4.78, 5) is 30.9. The van der Waals surface area contributed by atoms with E-state index in [1.165, 1.54) is 6.33 Å². The van der Waals surface area contributed by atoms with Gasteiger partial charge in [-0.3, -0.25) is 9.59 Å². The van der Waals surface area contributed by atoms with Crippen molar-refractivity contribution >= 4 is 40.8 Å². The molecule has 0 fully saturated rings. The summed E-state index contributed by atoms with van der Waals surface area (Å²) in [7, 11) is 0. The molecule has 1 aromatic carbocycles. The zero-order chi connectivity index (χ0) is 15.2. The highest BCUT2D eigenvalue weighted by Gasteiger charge is 2.12. The highest BCUT2D eigenvalue weighted by Crippen LogP contribution is 2.25. The summed E-state index contributed by atoms with van der Waals surface area (Å²) in [5.41, 5.74) is 0.466. The minimum absolute atomic E-state index is 0.0373. The fraction of sp³-hybridized carbons (Fsp3) is 0.0769. The van der Waals surface area contributed by atoms with Crippen LogP contribution in [0.25, 0.3) is 0 Å². The molecule has 0 aliphatic carbocycles. The van der Waals surface area contributed by atoms with Gasteiger partial charge in [-0.1, -0.05) is 41.4 Å². The molecule has 0 unspecified atom stereocenters. The molecular weight excluding hydrogens is 315 g/mol. The number of nitrogens with one attached hydrogen (secondary N) is 2. The molecule has 0 atom stereocenters. The highest BCUT2D eigenvalue weighted by atomic mass is 35.5. The Balaban J connectivity index is 1.91. The van der Waals surface area contributed by atoms with Crippen LogP contribution in [0.4, 0.5) is 5.82 Å². The zero-order valence-electron chi connectivity index (χ0n) is 10.6. The lowest BCUT2D eigenvalue weighted by atomic mass is 10.2. The lowest BCUT2D eigenvalue weighted by molar-refractivity contribution is -0.115. The smallest absolute Gasteiger partial charge is 0.251 e. The van der Waals surface area contributed by atoms with Gasteiger partial charge < -0.3 is 10.6 Å². The molecule has 2 aromatic rings. The monoisotopic (exact) mass is 324 g/mol. The number of rotatable bonds is 4. The van der Waals surface area contributed by atoms with Crippen molar-refractivity contribution in [3.63, 3.8) is 0 Å². The van der Waals surface area contributed by atoms with Crippen LogP contribution in [0, 0.1) is 0 Å². The van der Waals surface area contributed by atoms with E-state index in [0.29, 0.717) is 5.56 Å². The van der Waals surface area contributed by atoms with Crippen LogP contribution < -0.4 is 10.6 Å². The van der Waals surface area contributed by atoms with E-state index in [9.17, 15) is 9.59 Å². The van der Waals surface area contributed by atoms with E-state index in [2.05, 4.69) is 20.6 Å². The van der Waals surface area contributed by atoms with Crippen molar-refractivity contribution in [2.75, 3.05) is 11.9 Å². The van der Waals surface area contributed by atoms with Gasteiger partial charge in [0.25, 0.3) is 5.91 Å². The average molecular weight is 325 g/mol. The summed E-state index contributed by atoms with van der Waals surface area (Å²) in [5, 5.41) is 5.00. The third-order valence-corrected chi connectivity index (χ3v) is 3.19. The third-order valence-electron chi connectivity index (χ3n) is 2.45. The maximum atomic E-state index is 11.8. The molecule has 21 heavy (non-hydrogen) atoms. The number of anilines is 1. The van der Waals surface area contributed by atoms with Gasteiger partial charge in [-0.15, -0.1) is 0 Å². The van der Waals surface area contributed by atoms with Gasteiger partial charge in [0.1, 0.15) is 11.3 Å². The molecule has 1 heterocycles. The first-order valence-corrected chi connectivity index (χ1v) is 6.62. The lowest BCUT2D eigenvalue weighted by Crippen LogP contribution is -2.33. The van der Waals surface area contributed by atoms with Crippen LogP contribution >= 0.6 is 23.2 Å². The van der Waals surface area contributed by atoms with E-state index < -0.39 is 5.91 Å². The summed E-state index contributed by atoms with van der Waals surface area (Å²) in [6.07, 6.45) is 1.17. The first kappa shape index (κ1) is 15.2. The number of carbonyl (C=O) groups excluding carboxylic acids is 2. The Bertz CT molecular complexity index is 664. The van der Waals surface area contributed by atoms with Crippen LogP contribution in [0.5, 0.6) is 0 Å². The third kappa shape index (κ3) is 4.14. The number of nitrogens with zero attached hydrogens (tertiary/aromatic N) is 2. The predicted molar refractivity (Wildman–Crippen MR) is 79.5 cm³/mol. The molecule has 8 heteroatoms. The second-order valence-corrected chi connectivity index (χ2v) is 4.66. The SMILES string of the molecule is O=C(CNC(=O)c1ccccc1)Nc1ncnc(Cl)c1Cl. The van der Waals surface area contributed by atoms with Crippen molar-refractivity contribution < 1.29 is 9.59 Å². The van der Waals surface area contributed by atoms with Gasteiger partial charge in [0, 0.05) is 5.56 Å². The molecular formula is C13H10Cl2N4O2. The minimum atomic E-state index is -0.476. The van der Waals surface area contributed by atoms with Crippen LogP contribution in [-0.4, -0.2) is 28.3 Å². The van der Waals surface area contributed by atoms with Crippen molar-refractivity contribution in [2.45, 2.75) is 0 Å².